The number of aryl methyl sites for hydroxylation is 2. The molecule has 0 amide bonds. The number of nitrogens with zero attached hydrogens (tertiary/aromatic N) is 2. The van der Waals surface area contributed by atoms with Crippen LogP contribution in [-0.2, 0) is 6.42 Å². The van der Waals surface area contributed by atoms with Gasteiger partial charge in [0.05, 0.1) is 10.9 Å². The molecule has 0 radical (unpaired) electrons. The molecule has 0 unspecified atom stereocenters. The Hall–Kier alpha value is -2.62. The highest BCUT2D eigenvalue weighted by Crippen LogP contribution is 2.25. The topological polar surface area (TPSA) is 53.6 Å². The number of rotatable bonds is 6. The summed E-state index contributed by atoms with van der Waals surface area (Å²) in [6.07, 6.45) is 5.88. The first-order valence-corrected chi connectivity index (χ1v) is 8.51. The Balaban J connectivity index is 1.75. The van der Waals surface area contributed by atoms with Crippen LogP contribution in [0.15, 0.2) is 42.6 Å². The van der Waals surface area contributed by atoms with E-state index in [1.165, 1.54) is 16.7 Å². The van der Waals surface area contributed by atoms with Gasteiger partial charge in [-0.15, -0.1) is 0 Å². The molecular formula is C20H24N4. The van der Waals surface area contributed by atoms with Gasteiger partial charge in [-0.3, -0.25) is 5.10 Å². The number of benzene rings is 1. The highest BCUT2D eigenvalue weighted by molar-refractivity contribution is 5.91. The van der Waals surface area contributed by atoms with Gasteiger partial charge in [0.2, 0.25) is 0 Å². The van der Waals surface area contributed by atoms with Crippen LogP contribution in [0.25, 0.3) is 16.5 Å². The first kappa shape index (κ1) is 16.2. The number of allylic oxidation sites excluding steroid dienone is 1. The van der Waals surface area contributed by atoms with Gasteiger partial charge in [-0.2, -0.15) is 5.10 Å². The van der Waals surface area contributed by atoms with Crippen LogP contribution in [0.2, 0.25) is 0 Å². The molecule has 0 fully saturated rings. The van der Waals surface area contributed by atoms with E-state index in [1.54, 1.807) is 0 Å². The summed E-state index contributed by atoms with van der Waals surface area (Å²) in [4.78, 5) is 4.51. The Kier molecular flexibility index (Phi) is 4.94. The molecule has 0 saturated carbocycles. The molecule has 0 aliphatic rings. The molecule has 1 aromatic carbocycles. The molecule has 24 heavy (non-hydrogen) atoms. The van der Waals surface area contributed by atoms with E-state index in [0.29, 0.717) is 0 Å². The molecule has 4 heteroatoms. The van der Waals surface area contributed by atoms with Crippen LogP contribution in [0.5, 0.6) is 0 Å². The number of H-pyrrole nitrogens is 1. The van der Waals surface area contributed by atoms with Gasteiger partial charge in [-0.05, 0) is 49.5 Å². The van der Waals surface area contributed by atoms with Gasteiger partial charge >= 0.3 is 0 Å². The lowest BCUT2D eigenvalue weighted by atomic mass is 9.98. The lowest BCUT2D eigenvalue weighted by molar-refractivity contribution is 0.987. The number of hydrogen-bond donors (Lipinski definition) is 2. The molecule has 0 saturated heterocycles. The fraction of sp³-hybridized carbons (Fsp3) is 0.300. The number of pyridine rings is 1. The average molecular weight is 320 g/mol. The van der Waals surface area contributed by atoms with E-state index in [0.717, 1.165) is 41.8 Å². The second-order valence-corrected chi connectivity index (χ2v) is 5.92. The molecule has 2 heterocycles. The molecule has 2 N–H and O–H groups in total. The van der Waals surface area contributed by atoms with Crippen molar-refractivity contribution in [2.24, 2.45) is 0 Å². The molecule has 0 bridgehead atoms. The summed E-state index contributed by atoms with van der Waals surface area (Å²) in [6.45, 7) is 7.23. The molecule has 0 aliphatic heterocycles. The molecule has 3 aromatic rings. The van der Waals surface area contributed by atoms with Gasteiger partial charge in [0.1, 0.15) is 5.82 Å². The second kappa shape index (κ2) is 7.30. The third kappa shape index (κ3) is 3.18. The first-order chi connectivity index (χ1) is 11.7. The standard InChI is InChI=1S/C20H24N4/c1-4-15(16-9-7-6-8-14(16)3)10-12-21-20-19-17(5-2)23-24-18(19)11-13-22-20/h4,6-9,11,13H,5,10,12H2,1-3H3,(H,21,22)(H,23,24)/b15-4-. The molecule has 0 spiro atoms. The average Bonchev–Trinajstić information content (AvgIpc) is 3.04. The van der Waals surface area contributed by atoms with Crippen molar-refractivity contribution in [1.82, 2.24) is 15.2 Å². The molecule has 124 valence electrons. The van der Waals surface area contributed by atoms with Crippen LogP contribution >= 0.6 is 0 Å². The van der Waals surface area contributed by atoms with Crippen LogP contribution in [0, 0.1) is 6.92 Å². The van der Waals surface area contributed by atoms with Gasteiger partial charge in [0.15, 0.2) is 0 Å². The van der Waals surface area contributed by atoms with Crippen molar-refractivity contribution < 1.29 is 0 Å². The SMILES string of the molecule is C/C=C(/CCNc1nccc2n[nH]c(CC)c12)c1ccccc1C. The number of aromatic nitrogens is 3. The first-order valence-electron chi connectivity index (χ1n) is 8.51. The summed E-state index contributed by atoms with van der Waals surface area (Å²) in [7, 11) is 0. The third-order valence-corrected chi connectivity index (χ3v) is 4.42. The second-order valence-electron chi connectivity index (χ2n) is 5.92. The zero-order valence-corrected chi connectivity index (χ0v) is 14.6. The maximum atomic E-state index is 4.51. The third-order valence-electron chi connectivity index (χ3n) is 4.42. The summed E-state index contributed by atoms with van der Waals surface area (Å²) < 4.78 is 0. The van der Waals surface area contributed by atoms with E-state index in [1.807, 2.05) is 12.3 Å². The van der Waals surface area contributed by atoms with Crippen molar-refractivity contribution >= 4 is 22.3 Å². The minimum atomic E-state index is 0.842. The normalized spacial score (nSPS) is 11.9. The summed E-state index contributed by atoms with van der Waals surface area (Å²) in [5.74, 6) is 0.915. The minimum Gasteiger partial charge on any atom is -0.369 e. The van der Waals surface area contributed by atoms with Crippen molar-refractivity contribution in [2.75, 3.05) is 11.9 Å². The Morgan fingerprint density at radius 1 is 1.25 bits per heavy atom. The van der Waals surface area contributed by atoms with E-state index in [9.17, 15) is 0 Å². The lowest BCUT2D eigenvalue weighted by Gasteiger charge is -2.12. The summed E-state index contributed by atoms with van der Waals surface area (Å²) in [5, 5.41) is 12.1. The van der Waals surface area contributed by atoms with Gasteiger partial charge in [0, 0.05) is 18.4 Å². The highest BCUT2D eigenvalue weighted by atomic mass is 15.1. The smallest absolute Gasteiger partial charge is 0.137 e. The fourth-order valence-electron chi connectivity index (χ4n) is 3.10. The molecular weight excluding hydrogens is 296 g/mol. The number of aromatic amines is 1. The van der Waals surface area contributed by atoms with Crippen molar-refractivity contribution in [3.05, 3.63) is 59.4 Å². The van der Waals surface area contributed by atoms with Crippen LogP contribution in [-0.4, -0.2) is 21.7 Å². The van der Waals surface area contributed by atoms with Crippen LogP contribution in [0.1, 0.15) is 37.1 Å². The minimum absolute atomic E-state index is 0.842. The van der Waals surface area contributed by atoms with Crippen LogP contribution in [0.3, 0.4) is 0 Å². The van der Waals surface area contributed by atoms with Crippen molar-refractivity contribution in [2.45, 2.75) is 33.6 Å². The van der Waals surface area contributed by atoms with E-state index in [2.05, 4.69) is 71.6 Å². The molecule has 2 aromatic heterocycles. The Bertz CT molecular complexity index is 861. The fourth-order valence-corrected chi connectivity index (χ4v) is 3.10. The quantitative estimate of drug-likeness (QED) is 0.690. The molecule has 0 aliphatic carbocycles. The summed E-state index contributed by atoms with van der Waals surface area (Å²) >= 11 is 0. The van der Waals surface area contributed by atoms with Crippen molar-refractivity contribution in [3.8, 4) is 0 Å². The Morgan fingerprint density at radius 2 is 2.08 bits per heavy atom. The zero-order chi connectivity index (χ0) is 16.9. The lowest BCUT2D eigenvalue weighted by Crippen LogP contribution is -2.05. The largest absolute Gasteiger partial charge is 0.369 e. The Labute approximate surface area is 143 Å². The van der Waals surface area contributed by atoms with Crippen LogP contribution < -0.4 is 5.32 Å². The van der Waals surface area contributed by atoms with E-state index >= 15 is 0 Å². The maximum Gasteiger partial charge on any atom is 0.137 e. The van der Waals surface area contributed by atoms with E-state index in [-0.39, 0.29) is 0 Å². The van der Waals surface area contributed by atoms with Gasteiger partial charge < -0.3 is 5.32 Å². The summed E-state index contributed by atoms with van der Waals surface area (Å²) in [5.41, 5.74) is 6.09. The molecule has 3 rings (SSSR count). The maximum absolute atomic E-state index is 4.51. The predicted octanol–water partition coefficient (Wildman–Crippen LogP) is 4.73. The van der Waals surface area contributed by atoms with E-state index < -0.39 is 0 Å². The Morgan fingerprint density at radius 3 is 2.83 bits per heavy atom. The number of anilines is 1. The van der Waals surface area contributed by atoms with Gasteiger partial charge in [-0.1, -0.05) is 37.3 Å². The van der Waals surface area contributed by atoms with Gasteiger partial charge in [0.25, 0.3) is 0 Å². The van der Waals surface area contributed by atoms with Crippen LogP contribution in [0.4, 0.5) is 5.82 Å². The van der Waals surface area contributed by atoms with Gasteiger partial charge in [-0.25, -0.2) is 4.98 Å². The zero-order valence-electron chi connectivity index (χ0n) is 14.6. The number of fused-ring (bicyclic) bond motifs is 1. The number of nitrogens with one attached hydrogen (secondary N) is 2. The van der Waals surface area contributed by atoms with Crippen molar-refractivity contribution in [1.29, 1.82) is 0 Å². The highest BCUT2D eigenvalue weighted by Gasteiger charge is 2.10. The predicted molar refractivity (Wildman–Crippen MR) is 101 cm³/mol. The monoisotopic (exact) mass is 320 g/mol. The molecule has 0 atom stereocenters. The number of hydrogen-bond acceptors (Lipinski definition) is 3. The summed E-state index contributed by atoms with van der Waals surface area (Å²) in [6, 6.07) is 10.5. The van der Waals surface area contributed by atoms with Crippen molar-refractivity contribution in [3.63, 3.8) is 0 Å². The molecule has 4 nitrogen and oxygen atoms in total. The van der Waals surface area contributed by atoms with E-state index in [4.69, 9.17) is 0 Å².